The summed E-state index contributed by atoms with van der Waals surface area (Å²) in [6.45, 7) is 1.44. The molecule has 174 valence electrons. The van der Waals surface area contributed by atoms with Gasteiger partial charge in [-0.25, -0.2) is 14.4 Å². The van der Waals surface area contributed by atoms with Crippen LogP contribution in [0.3, 0.4) is 0 Å². The zero-order chi connectivity index (χ0) is 24.1. The van der Waals surface area contributed by atoms with E-state index in [2.05, 4.69) is 10.6 Å². The van der Waals surface area contributed by atoms with Gasteiger partial charge in [0.15, 0.2) is 0 Å². The number of phenols is 1. The number of ether oxygens (including phenoxy) is 2. The first-order chi connectivity index (χ1) is 16.5. The van der Waals surface area contributed by atoms with Gasteiger partial charge in [-0.2, -0.15) is 0 Å². The maximum atomic E-state index is 12.7. The molecular formula is C25H22N2O7. The van der Waals surface area contributed by atoms with Gasteiger partial charge in [0.2, 0.25) is 0 Å². The van der Waals surface area contributed by atoms with Crippen molar-refractivity contribution in [1.29, 1.82) is 0 Å². The number of carbonyl (C=O) groups excluding carboxylic acids is 3. The van der Waals surface area contributed by atoms with Crippen LogP contribution in [0.15, 0.2) is 82.6 Å². The summed E-state index contributed by atoms with van der Waals surface area (Å²) in [5.41, 5.74) is 2.23. The molecule has 2 amide bonds. The van der Waals surface area contributed by atoms with E-state index in [1.807, 2.05) is 0 Å². The second-order valence-electron chi connectivity index (χ2n) is 7.36. The van der Waals surface area contributed by atoms with Gasteiger partial charge in [-0.3, -0.25) is 0 Å². The second kappa shape index (κ2) is 9.95. The summed E-state index contributed by atoms with van der Waals surface area (Å²) >= 11 is 0. The van der Waals surface area contributed by atoms with Crippen molar-refractivity contribution in [2.45, 2.75) is 13.0 Å². The molecule has 0 aliphatic carbocycles. The molecule has 3 aromatic rings. The van der Waals surface area contributed by atoms with Crippen LogP contribution < -0.4 is 10.6 Å². The van der Waals surface area contributed by atoms with Crippen LogP contribution in [0, 0.1) is 0 Å². The van der Waals surface area contributed by atoms with Crippen LogP contribution in [0.4, 0.5) is 4.79 Å². The van der Waals surface area contributed by atoms with E-state index in [1.54, 1.807) is 67.6 Å². The molecule has 0 spiro atoms. The van der Waals surface area contributed by atoms with Crippen molar-refractivity contribution in [3.8, 4) is 16.9 Å². The summed E-state index contributed by atoms with van der Waals surface area (Å²) in [5.74, 6) is -0.790. The van der Waals surface area contributed by atoms with Crippen molar-refractivity contribution in [3.05, 3.63) is 89.5 Å². The number of hydrogen-bond donors (Lipinski definition) is 3. The number of furan rings is 1. The number of benzene rings is 2. The number of urea groups is 1. The lowest BCUT2D eigenvalue weighted by atomic mass is 10.0. The Hall–Kier alpha value is -4.53. The van der Waals surface area contributed by atoms with Gasteiger partial charge in [-0.15, -0.1) is 0 Å². The maximum absolute atomic E-state index is 12.7. The van der Waals surface area contributed by atoms with Crippen molar-refractivity contribution in [3.63, 3.8) is 0 Å². The molecule has 1 aromatic heterocycles. The van der Waals surface area contributed by atoms with Crippen LogP contribution in [-0.2, 0) is 14.3 Å². The molecule has 1 atom stereocenters. The smallest absolute Gasteiger partial charge is 0.338 e. The summed E-state index contributed by atoms with van der Waals surface area (Å²) < 4.78 is 15.9. The molecule has 0 radical (unpaired) electrons. The van der Waals surface area contributed by atoms with Gasteiger partial charge in [0.05, 0.1) is 29.7 Å². The zero-order valence-corrected chi connectivity index (χ0v) is 18.2. The zero-order valence-electron chi connectivity index (χ0n) is 18.2. The number of nitrogens with one attached hydrogen (secondary N) is 2. The first kappa shape index (κ1) is 22.7. The van der Waals surface area contributed by atoms with Crippen molar-refractivity contribution >= 4 is 18.0 Å². The van der Waals surface area contributed by atoms with Gasteiger partial charge in [0, 0.05) is 0 Å². The van der Waals surface area contributed by atoms with Crippen molar-refractivity contribution < 1.29 is 33.4 Å². The van der Waals surface area contributed by atoms with Crippen LogP contribution in [0.1, 0.15) is 29.1 Å². The van der Waals surface area contributed by atoms with E-state index < -0.39 is 24.0 Å². The Morgan fingerprint density at radius 1 is 0.971 bits per heavy atom. The van der Waals surface area contributed by atoms with E-state index in [0.29, 0.717) is 11.3 Å². The highest BCUT2D eigenvalue weighted by atomic mass is 16.5. The van der Waals surface area contributed by atoms with Gasteiger partial charge in [0.1, 0.15) is 24.2 Å². The quantitative estimate of drug-likeness (QED) is 0.457. The van der Waals surface area contributed by atoms with E-state index in [1.165, 1.54) is 6.26 Å². The Morgan fingerprint density at radius 3 is 2.26 bits per heavy atom. The number of hydrogen-bond acceptors (Lipinski definition) is 7. The molecule has 2 heterocycles. The van der Waals surface area contributed by atoms with Crippen LogP contribution in [0.25, 0.3) is 11.1 Å². The maximum Gasteiger partial charge on any atom is 0.338 e. The van der Waals surface area contributed by atoms with Gasteiger partial charge < -0.3 is 29.6 Å². The Kier molecular flexibility index (Phi) is 6.63. The molecule has 3 N–H and O–H groups in total. The number of carbonyl (C=O) groups is 3. The van der Waals surface area contributed by atoms with Crippen molar-refractivity contribution in [2.24, 2.45) is 0 Å². The number of esters is 2. The minimum Gasteiger partial charge on any atom is -0.508 e. The van der Waals surface area contributed by atoms with Crippen molar-refractivity contribution in [1.82, 2.24) is 10.6 Å². The van der Waals surface area contributed by atoms with E-state index in [-0.39, 0.29) is 30.2 Å². The Balaban J connectivity index is 1.53. The topological polar surface area (TPSA) is 127 Å². The predicted octanol–water partition coefficient (Wildman–Crippen LogP) is 3.68. The fourth-order valence-corrected chi connectivity index (χ4v) is 3.52. The molecule has 9 heteroatoms. The van der Waals surface area contributed by atoms with E-state index >= 15 is 0 Å². The first-order valence-corrected chi connectivity index (χ1v) is 10.5. The van der Waals surface area contributed by atoms with Gasteiger partial charge >= 0.3 is 18.0 Å². The molecule has 1 unspecified atom stereocenters. The average molecular weight is 462 g/mol. The van der Waals surface area contributed by atoms with Crippen LogP contribution in [-0.4, -0.2) is 36.3 Å². The minimum absolute atomic E-state index is 0.0897. The molecule has 1 aliphatic rings. The standard InChI is InChI=1S/C25H22N2O7/c1-2-32-24(30)21-19(26-25(31)27-22(21)20-4-3-13-33-20)14-34-23(29)17-7-5-15(6-8-17)16-9-11-18(28)12-10-16/h3-13,22,28H,2,14H2,1H3,(H2,26,27,31). The second-order valence-corrected chi connectivity index (χ2v) is 7.36. The molecule has 0 fully saturated rings. The summed E-state index contributed by atoms with van der Waals surface area (Å²) in [5, 5.41) is 14.6. The molecule has 0 saturated carbocycles. The molecule has 0 bridgehead atoms. The third-order valence-electron chi connectivity index (χ3n) is 5.15. The van der Waals surface area contributed by atoms with E-state index in [9.17, 15) is 19.5 Å². The molecule has 0 saturated heterocycles. The summed E-state index contributed by atoms with van der Waals surface area (Å²) in [6, 6.07) is 15.2. The minimum atomic E-state index is -0.888. The van der Waals surface area contributed by atoms with Crippen LogP contribution in [0.5, 0.6) is 5.75 Å². The number of phenolic OH excluding ortho intramolecular Hbond substituents is 1. The molecule has 34 heavy (non-hydrogen) atoms. The van der Waals surface area contributed by atoms with E-state index in [4.69, 9.17) is 13.9 Å². The highest BCUT2D eigenvalue weighted by Gasteiger charge is 2.35. The molecular weight excluding hydrogens is 440 g/mol. The van der Waals surface area contributed by atoms with E-state index in [0.717, 1.165) is 11.1 Å². The fraction of sp³-hybridized carbons (Fsp3) is 0.160. The number of rotatable bonds is 7. The SMILES string of the molecule is CCOC(=O)C1=C(COC(=O)c2ccc(-c3ccc(O)cc3)cc2)NC(=O)NC1c1ccco1. The number of amides is 2. The Morgan fingerprint density at radius 2 is 1.65 bits per heavy atom. The van der Waals surface area contributed by atoms with Gasteiger partial charge in [-0.1, -0.05) is 24.3 Å². The van der Waals surface area contributed by atoms with Crippen LogP contribution >= 0.6 is 0 Å². The molecule has 1 aliphatic heterocycles. The lowest BCUT2D eigenvalue weighted by Gasteiger charge is -2.27. The third kappa shape index (κ3) is 4.93. The third-order valence-corrected chi connectivity index (χ3v) is 5.15. The van der Waals surface area contributed by atoms with Crippen LogP contribution in [0.2, 0.25) is 0 Å². The summed E-state index contributed by atoms with van der Waals surface area (Å²) in [6.07, 6.45) is 1.42. The highest BCUT2D eigenvalue weighted by molar-refractivity contribution is 5.95. The lowest BCUT2D eigenvalue weighted by molar-refractivity contribution is -0.139. The van der Waals surface area contributed by atoms with Gasteiger partial charge in [0.25, 0.3) is 0 Å². The van der Waals surface area contributed by atoms with Crippen molar-refractivity contribution in [2.75, 3.05) is 13.2 Å². The normalized spacial score (nSPS) is 15.3. The number of aromatic hydroxyl groups is 1. The highest BCUT2D eigenvalue weighted by Crippen LogP contribution is 2.28. The fourth-order valence-electron chi connectivity index (χ4n) is 3.52. The molecule has 9 nitrogen and oxygen atoms in total. The molecule has 2 aromatic carbocycles. The predicted molar refractivity (Wildman–Crippen MR) is 121 cm³/mol. The van der Waals surface area contributed by atoms with Gasteiger partial charge in [-0.05, 0) is 54.4 Å². The first-order valence-electron chi connectivity index (χ1n) is 10.5. The largest absolute Gasteiger partial charge is 0.508 e. The summed E-state index contributed by atoms with van der Waals surface area (Å²) in [7, 11) is 0. The average Bonchev–Trinajstić information content (AvgIpc) is 3.38. The summed E-state index contributed by atoms with van der Waals surface area (Å²) in [4.78, 5) is 37.5. The Bertz CT molecular complexity index is 1210. The molecule has 4 rings (SSSR count). The lowest BCUT2D eigenvalue weighted by Crippen LogP contribution is -2.47. The monoisotopic (exact) mass is 462 g/mol. The Labute approximate surface area is 195 Å².